The zero-order valence-corrected chi connectivity index (χ0v) is 13.1. The van der Waals surface area contributed by atoms with E-state index >= 15 is 0 Å². The van der Waals surface area contributed by atoms with E-state index in [1.54, 1.807) is 4.90 Å². The van der Waals surface area contributed by atoms with Gasteiger partial charge in [0.15, 0.2) is 0 Å². The van der Waals surface area contributed by atoms with Gasteiger partial charge in [0.1, 0.15) is 0 Å². The van der Waals surface area contributed by atoms with E-state index in [0.717, 1.165) is 11.1 Å². The Balaban J connectivity index is 2.09. The van der Waals surface area contributed by atoms with Gasteiger partial charge in [-0.1, -0.05) is 24.3 Å². The van der Waals surface area contributed by atoms with Gasteiger partial charge in [-0.05, 0) is 24.5 Å². The van der Waals surface area contributed by atoms with E-state index in [9.17, 15) is 19.5 Å². The summed E-state index contributed by atoms with van der Waals surface area (Å²) in [5.74, 6) is -2.86. The minimum Gasteiger partial charge on any atom is -0.481 e. The second-order valence-corrected chi connectivity index (χ2v) is 5.95. The Morgan fingerprint density at radius 3 is 2.43 bits per heavy atom. The monoisotopic (exact) mass is 319 g/mol. The van der Waals surface area contributed by atoms with E-state index in [-0.39, 0.29) is 37.6 Å². The standard InChI is InChI=1S/C17H21NO5/c1-11-5-2-3-6-12(11)13-9-18(10-14(13)17(22)23)15(19)7-4-8-16(20)21/h2-3,5-6,13-14H,4,7-10H2,1H3,(H,20,21)(H,22,23)/t13-,14+/m0/s1. The fraction of sp³-hybridized carbons (Fsp3) is 0.471. The average molecular weight is 319 g/mol. The number of likely N-dealkylation sites (tertiary alicyclic amines) is 1. The Morgan fingerprint density at radius 1 is 1.13 bits per heavy atom. The number of carboxylic acids is 2. The van der Waals surface area contributed by atoms with Gasteiger partial charge >= 0.3 is 11.9 Å². The van der Waals surface area contributed by atoms with Crippen molar-refractivity contribution in [1.82, 2.24) is 4.90 Å². The summed E-state index contributed by atoms with van der Waals surface area (Å²) in [4.78, 5) is 35.8. The Bertz CT molecular complexity index is 613. The van der Waals surface area contributed by atoms with Crippen molar-refractivity contribution in [3.63, 3.8) is 0 Å². The molecule has 0 aromatic heterocycles. The van der Waals surface area contributed by atoms with Crippen molar-refractivity contribution in [2.75, 3.05) is 13.1 Å². The largest absolute Gasteiger partial charge is 0.481 e. The van der Waals surface area contributed by atoms with Crippen molar-refractivity contribution in [2.45, 2.75) is 32.1 Å². The molecule has 6 nitrogen and oxygen atoms in total. The number of benzene rings is 1. The van der Waals surface area contributed by atoms with Crippen molar-refractivity contribution >= 4 is 17.8 Å². The molecule has 23 heavy (non-hydrogen) atoms. The van der Waals surface area contributed by atoms with Crippen LogP contribution in [0, 0.1) is 12.8 Å². The molecule has 0 radical (unpaired) electrons. The molecule has 1 aliphatic heterocycles. The average Bonchev–Trinajstić information content (AvgIpc) is 2.92. The maximum absolute atomic E-state index is 12.2. The SMILES string of the molecule is Cc1ccccc1[C@@H]1CN(C(=O)CCCC(=O)O)C[C@H]1C(=O)O. The molecule has 0 bridgehead atoms. The van der Waals surface area contributed by atoms with Crippen molar-refractivity contribution in [3.05, 3.63) is 35.4 Å². The summed E-state index contributed by atoms with van der Waals surface area (Å²) >= 11 is 0. The van der Waals surface area contributed by atoms with E-state index in [4.69, 9.17) is 5.11 Å². The lowest BCUT2D eigenvalue weighted by atomic mass is 9.86. The second-order valence-electron chi connectivity index (χ2n) is 5.95. The van der Waals surface area contributed by atoms with E-state index in [1.165, 1.54) is 0 Å². The number of aliphatic carboxylic acids is 2. The molecule has 0 aliphatic carbocycles. The van der Waals surface area contributed by atoms with Gasteiger partial charge in [-0.15, -0.1) is 0 Å². The molecule has 2 atom stereocenters. The number of rotatable bonds is 6. The van der Waals surface area contributed by atoms with E-state index < -0.39 is 17.9 Å². The molecule has 1 aromatic rings. The lowest BCUT2D eigenvalue weighted by Crippen LogP contribution is -2.29. The number of amides is 1. The van der Waals surface area contributed by atoms with Crippen molar-refractivity contribution in [1.29, 1.82) is 0 Å². The lowest BCUT2D eigenvalue weighted by Gasteiger charge is -2.18. The molecule has 124 valence electrons. The topological polar surface area (TPSA) is 94.9 Å². The van der Waals surface area contributed by atoms with Gasteiger partial charge < -0.3 is 15.1 Å². The predicted molar refractivity (Wildman–Crippen MR) is 83.1 cm³/mol. The predicted octanol–water partition coefficient (Wildman–Crippen LogP) is 1.88. The first-order valence-corrected chi connectivity index (χ1v) is 7.68. The Kier molecular flexibility index (Phi) is 5.36. The number of aryl methyl sites for hydroxylation is 1. The third kappa shape index (κ3) is 4.09. The van der Waals surface area contributed by atoms with Crippen LogP contribution in [0.1, 0.15) is 36.3 Å². The summed E-state index contributed by atoms with van der Waals surface area (Å²) in [6, 6.07) is 7.62. The van der Waals surface area contributed by atoms with Crippen molar-refractivity contribution in [3.8, 4) is 0 Å². The van der Waals surface area contributed by atoms with Gasteiger partial charge in [0.05, 0.1) is 5.92 Å². The first kappa shape index (κ1) is 17.0. The smallest absolute Gasteiger partial charge is 0.308 e. The van der Waals surface area contributed by atoms with Gasteiger partial charge in [0.2, 0.25) is 5.91 Å². The highest BCUT2D eigenvalue weighted by atomic mass is 16.4. The van der Waals surface area contributed by atoms with E-state index in [0.29, 0.717) is 6.54 Å². The minimum absolute atomic E-state index is 0.0524. The van der Waals surface area contributed by atoms with Crippen LogP contribution in [0.5, 0.6) is 0 Å². The van der Waals surface area contributed by atoms with Crippen LogP contribution < -0.4 is 0 Å². The molecule has 2 N–H and O–H groups in total. The van der Waals surface area contributed by atoms with E-state index in [2.05, 4.69) is 0 Å². The van der Waals surface area contributed by atoms with Crippen molar-refractivity contribution < 1.29 is 24.6 Å². The summed E-state index contributed by atoms with van der Waals surface area (Å²) in [6.07, 6.45) is 0.361. The summed E-state index contributed by atoms with van der Waals surface area (Å²) < 4.78 is 0. The quantitative estimate of drug-likeness (QED) is 0.834. The highest BCUT2D eigenvalue weighted by Gasteiger charge is 2.40. The minimum atomic E-state index is -0.930. The van der Waals surface area contributed by atoms with Crippen LogP contribution in [0.4, 0.5) is 0 Å². The molecule has 1 saturated heterocycles. The van der Waals surface area contributed by atoms with Crippen LogP contribution in [-0.4, -0.2) is 46.0 Å². The normalized spacial score (nSPS) is 20.5. The highest BCUT2D eigenvalue weighted by molar-refractivity contribution is 5.80. The molecule has 1 amide bonds. The van der Waals surface area contributed by atoms with Gasteiger partial charge in [0, 0.05) is 31.8 Å². The lowest BCUT2D eigenvalue weighted by molar-refractivity contribution is -0.142. The van der Waals surface area contributed by atoms with Gasteiger partial charge in [-0.25, -0.2) is 0 Å². The van der Waals surface area contributed by atoms with Crippen LogP contribution in [-0.2, 0) is 14.4 Å². The fourth-order valence-corrected chi connectivity index (χ4v) is 3.12. The Hall–Kier alpha value is -2.37. The van der Waals surface area contributed by atoms with Crippen LogP contribution in [0.25, 0.3) is 0 Å². The number of carbonyl (C=O) groups excluding carboxylic acids is 1. The maximum Gasteiger partial charge on any atom is 0.308 e. The molecule has 1 aliphatic rings. The van der Waals surface area contributed by atoms with E-state index in [1.807, 2.05) is 31.2 Å². The Labute approximate surface area is 134 Å². The molecule has 0 spiro atoms. The third-order valence-electron chi connectivity index (χ3n) is 4.36. The molecule has 1 aromatic carbocycles. The number of carboxylic acid groups (broad SMARTS) is 2. The highest BCUT2D eigenvalue weighted by Crippen LogP contribution is 2.34. The first-order valence-electron chi connectivity index (χ1n) is 7.68. The molecular formula is C17H21NO5. The molecule has 2 rings (SSSR count). The third-order valence-corrected chi connectivity index (χ3v) is 4.36. The molecule has 1 fully saturated rings. The van der Waals surface area contributed by atoms with Crippen LogP contribution in [0.15, 0.2) is 24.3 Å². The van der Waals surface area contributed by atoms with Crippen LogP contribution in [0.3, 0.4) is 0 Å². The fourth-order valence-electron chi connectivity index (χ4n) is 3.12. The molecule has 0 saturated carbocycles. The summed E-state index contributed by atoms with van der Waals surface area (Å²) in [6.45, 7) is 2.49. The molecule has 6 heteroatoms. The first-order chi connectivity index (χ1) is 10.9. The van der Waals surface area contributed by atoms with Crippen LogP contribution >= 0.6 is 0 Å². The number of hydrogen-bond acceptors (Lipinski definition) is 3. The maximum atomic E-state index is 12.2. The van der Waals surface area contributed by atoms with Crippen molar-refractivity contribution in [2.24, 2.45) is 5.92 Å². The van der Waals surface area contributed by atoms with Gasteiger partial charge in [-0.3, -0.25) is 14.4 Å². The van der Waals surface area contributed by atoms with Gasteiger partial charge in [0.25, 0.3) is 0 Å². The molecule has 1 heterocycles. The summed E-state index contributed by atoms with van der Waals surface area (Å²) in [5.41, 5.74) is 1.98. The van der Waals surface area contributed by atoms with Crippen LogP contribution in [0.2, 0.25) is 0 Å². The molecular weight excluding hydrogens is 298 g/mol. The summed E-state index contributed by atoms with van der Waals surface area (Å²) in [5, 5.41) is 18.1. The second kappa shape index (κ2) is 7.26. The number of nitrogens with zero attached hydrogens (tertiary/aromatic N) is 1. The summed E-state index contributed by atoms with van der Waals surface area (Å²) in [7, 11) is 0. The number of hydrogen-bond donors (Lipinski definition) is 2. The Morgan fingerprint density at radius 2 is 1.83 bits per heavy atom. The molecule has 0 unspecified atom stereocenters. The number of carbonyl (C=O) groups is 3. The zero-order chi connectivity index (χ0) is 17.0. The zero-order valence-electron chi connectivity index (χ0n) is 13.1. The van der Waals surface area contributed by atoms with Gasteiger partial charge in [-0.2, -0.15) is 0 Å².